The molecule has 1 N–H and O–H groups in total. The molecule has 3 rings (SSSR count). The van der Waals surface area contributed by atoms with Crippen LogP contribution in [0.3, 0.4) is 0 Å². The van der Waals surface area contributed by atoms with Gasteiger partial charge >= 0.3 is 0 Å². The average molecular weight is 172 g/mol. The van der Waals surface area contributed by atoms with Gasteiger partial charge in [-0.3, -0.25) is 0 Å². The van der Waals surface area contributed by atoms with Gasteiger partial charge in [0, 0.05) is 0 Å². The largest absolute Gasteiger partial charge is 0.387 e. The van der Waals surface area contributed by atoms with Crippen LogP contribution in [0.15, 0.2) is 0 Å². The fourth-order valence-corrected chi connectivity index (χ4v) is 3.11. The van der Waals surface area contributed by atoms with Crippen LogP contribution in [0, 0.1) is 17.3 Å². The van der Waals surface area contributed by atoms with Crippen molar-refractivity contribution >= 4 is 0 Å². The van der Waals surface area contributed by atoms with Gasteiger partial charge in [-0.05, 0) is 37.0 Å². The van der Waals surface area contributed by atoms with Gasteiger partial charge in [-0.2, -0.15) is 0 Å². The molecule has 12 heavy (non-hydrogen) atoms. The molecule has 4 atom stereocenters. The molecule has 0 heterocycles. The second-order valence-electron chi connectivity index (χ2n) is 5.24. The van der Waals surface area contributed by atoms with Crippen molar-refractivity contribution in [1.82, 2.24) is 0 Å². The molecule has 0 aromatic carbocycles. The molecule has 3 fully saturated rings. The average Bonchev–Trinajstić information content (AvgIpc) is 1.93. The number of halogens is 1. The van der Waals surface area contributed by atoms with E-state index in [9.17, 15) is 9.50 Å². The first kappa shape index (κ1) is 8.49. The summed E-state index contributed by atoms with van der Waals surface area (Å²) in [6.45, 7) is 5.94. The highest BCUT2D eigenvalue weighted by molar-refractivity contribution is 5.12. The van der Waals surface area contributed by atoms with Crippen molar-refractivity contribution in [2.75, 3.05) is 0 Å². The van der Waals surface area contributed by atoms with E-state index in [-0.39, 0.29) is 11.3 Å². The minimum atomic E-state index is -1.07. The maximum absolute atomic E-state index is 13.3. The Bertz CT molecular complexity index is 210. The first-order chi connectivity index (χ1) is 5.37. The van der Waals surface area contributed by atoms with E-state index in [1.54, 1.807) is 6.92 Å². The molecule has 4 unspecified atom stereocenters. The van der Waals surface area contributed by atoms with Gasteiger partial charge in [0.05, 0.1) is 5.60 Å². The van der Waals surface area contributed by atoms with Crippen LogP contribution in [0.1, 0.15) is 33.6 Å². The smallest absolute Gasteiger partial charge is 0.129 e. The molecule has 2 bridgehead atoms. The van der Waals surface area contributed by atoms with Gasteiger partial charge < -0.3 is 5.11 Å². The van der Waals surface area contributed by atoms with Crippen LogP contribution in [0.4, 0.5) is 4.39 Å². The van der Waals surface area contributed by atoms with E-state index >= 15 is 0 Å². The second kappa shape index (κ2) is 2.03. The lowest BCUT2D eigenvalue weighted by atomic mass is 9.44. The highest BCUT2D eigenvalue weighted by atomic mass is 19.1. The van der Waals surface area contributed by atoms with Gasteiger partial charge in [0.25, 0.3) is 0 Å². The van der Waals surface area contributed by atoms with Crippen molar-refractivity contribution in [3.8, 4) is 0 Å². The van der Waals surface area contributed by atoms with Crippen molar-refractivity contribution in [3.63, 3.8) is 0 Å². The van der Waals surface area contributed by atoms with Crippen molar-refractivity contribution in [3.05, 3.63) is 0 Å². The van der Waals surface area contributed by atoms with Crippen molar-refractivity contribution in [2.45, 2.75) is 45.4 Å². The number of aliphatic hydroxyl groups is 1. The number of rotatable bonds is 0. The highest BCUT2D eigenvalue weighted by Crippen LogP contribution is 2.63. The van der Waals surface area contributed by atoms with Crippen LogP contribution in [-0.4, -0.2) is 16.9 Å². The molecular formula is C10H17FO. The molecule has 3 aliphatic rings. The summed E-state index contributed by atoms with van der Waals surface area (Å²) in [5, 5.41) is 9.91. The first-order valence-corrected chi connectivity index (χ1v) is 4.73. The molecule has 0 amide bonds. The van der Waals surface area contributed by atoms with E-state index in [2.05, 4.69) is 13.8 Å². The third kappa shape index (κ3) is 0.769. The first-order valence-electron chi connectivity index (χ1n) is 4.73. The summed E-state index contributed by atoms with van der Waals surface area (Å²) in [7, 11) is 0. The van der Waals surface area contributed by atoms with E-state index < -0.39 is 11.8 Å². The van der Waals surface area contributed by atoms with Crippen molar-refractivity contribution in [1.29, 1.82) is 0 Å². The number of hydrogen-bond donors (Lipinski definition) is 1. The Hall–Kier alpha value is -0.110. The predicted octanol–water partition coefficient (Wildman–Crippen LogP) is 2.14. The van der Waals surface area contributed by atoms with Crippen LogP contribution in [-0.2, 0) is 0 Å². The van der Waals surface area contributed by atoms with Gasteiger partial charge in [-0.25, -0.2) is 4.39 Å². The molecule has 3 aliphatic carbocycles. The van der Waals surface area contributed by atoms with E-state index in [1.165, 1.54) is 0 Å². The lowest BCUT2D eigenvalue weighted by Crippen LogP contribution is -2.65. The number of fused-ring (bicyclic) bond motifs is 2. The van der Waals surface area contributed by atoms with Crippen molar-refractivity contribution in [2.24, 2.45) is 17.3 Å². The predicted molar refractivity (Wildman–Crippen MR) is 45.5 cm³/mol. The molecule has 0 saturated heterocycles. The van der Waals surface area contributed by atoms with Crippen LogP contribution >= 0.6 is 0 Å². The zero-order chi connectivity index (χ0) is 9.15. The van der Waals surface area contributed by atoms with E-state index in [4.69, 9.17) is 0 Å². The summed E-state index contributed by atoms with van der Waals surface area (Å²) in [5.41, 5.74) is -0.912. The van der Waals surface area contributed by atoms with Gasteiger partial charge in [-0.1, -0.05) is 13.8 Å². The van der Waals surface area contributed by atoms with E-state index in [0.717, 1.165) is 6.42 Å². The van der Waals surface area contributed by atoms with Crippen LogP contribution in [0.25, 0.3) is 0 Å². The summed E-state index contributed by atoms with van der Waals surface area (Å²) in [6, 6.07) is 0. The summed E-state index contributed by atoms with van der Waals surface area (Å²) >= 11 is 0. The molecule has 3 saturated carbocycles. The Morgan fingerprint density at radius 1 is 1.25 bits per heavy atom. The van der Waals surface area contributed by atoms with Gasteiger partial charge in [0.1, 0.15) is 6.17 Å². The third-order valence-corrected chi connectivity index (χ3v) is 4.30. The Morgan fingerprint density at radius 2 is 1.83 bits per heavy atom. The van der Waals surface area contributed by atoms with Gasteiger partial charge in [0.2, 0.25) is 0 Å². The molecular weight excluding hydrogens is 155 g/mol. The van der Waals surface area contributed by atoms with E-state index in [1.807, 2.05) is 0 Å². The monoisotopic (exact) mass is 172 g/mol. The summed E-state index contributed by atoms with van der Waals surface area (Å²) < 4.78 is 13.3. The Morgan fingerprint density at radius 3 is 2.17 bits per heavy atom. The summed E-state index contributed by atoms with van der Waals surface area (Å²) in [5.74, 6) is 0.663. The molecule has 0 spiro atoms. The SMILES string of the molecule is CC1(C)C2CC(F)C(C)(O)C1C2. The second-order valence-corrected chi connectivity index (χ2v) is 5.24. The molecule has 0 aromatic rings. The van der Waals surface area contributed by atoms with Gasteiger partial charge in [-0.15, -0.1) is 0 Å². The maximum Gasteiger partial charge on any atom is 0.129 e. The Balaban J connectivity index is 2.27. The highest BCUT2D eigenvalue weighted by Gasteiger charge is 2.63. The lowest BCUT2D eigenvalue weighted by Gasteiger charge is -2.63. The third-order valence-electron chi connectivity index (χ3n) is 4.30. The summed E-state index contributed by atoms with van der Waals surface area (Å²) in [6.07, 6.45) is 0.561. The minimum absolute atomic E-state index is 0.159. The molecule has 0 aromatic heterocycles. The minimum Gasteiger partial charge on any atom is -0.387 e. The van der Waals surface area contributed by atoms with Crippen LogP contribution in [0.5, 0.6) is 0 Å². The Labute approximate surface area is 73.0 Å². The molecule has 2 heteroatoms. The molecule has 1 nitrogen and oxygen atoms in total. The van der Waals surface area contributed by atoms with Gasteiger partial charge in [0.15, 0.2) is 0 Å². The molecule has 0 radical (unpaired) electrons. The van der Waals surface area contributed by atoms with Crippen LogP contribution in [0.2, 0.25) is 0 Å². The lowest BCUT2D eigenvalue weighted by molar-refractivity contribution is -0.227. The molecule has 70 valence electrons. The maximum atomic E-state index is 13.3. The normalized spacial score (nSPS) is 56.2. The van der Waals surface area contributed by atoms with E-state index in [0.29, 0.717) is 12.3 Å². The Kier molecular flexibility index (Phi) is 1.44. The number of hydrogen-bond acceptors (Lipinski definition) is 1. The summed E-state index contributed by atoms with van der Waals surface area (Å²) in [4.78, 5) is 0. The fourth-order valence-electron chi connectivity index (χ4n) is 3.11. The zero-order valence-electron chi connectivity index (χ0n) is 7.97. The van der Waals surface area contributed by atoms with Crippen molar-refractivity contribution < 1.29 is 9.50 Å². The zero-order valence-corrected chi connectivity index (χ0v) is 7.97. The fraction of sp³-hybridized carbons (Fsp3) is 1.00. The standard InChI is InChI=1S/C10H17FO/c1-9(2)6-4-7(9)10(3,12)8(11)5-6/h6-8,12H,4-5H2,1-3H3. The quantitative estimate of drug-likeness (QED) is 0.593. The van der Waals surface area contributed by atoms with Crippen LogP contribution < -0.4 is 0 Å². The molecule has 0 aliphatic heterocycles. The number of alkyl halides is 1. The topological polar surface area (TPSA) is 20.2 Å².